The van der Waals surface area contributed by atoms with E-state index in [1.165, 1.54) is 20.1 Å². The fourth-order valence-corrected chi connectivity index (χ4v) is 6.39. The van der Waals surface area contributed by atoms with Crippen molar-refractivity contribution in [2.45, 2.75) is 30.8 Å². The summed E-state index contributed by atoms with van der Waals surface area (Å²) < 4.78 is 164. The van der Waals surface area contributed by atoms with E-state index < -0.39 is 112 Å². The fourth-order valence-electron chi connectivity index (χ4n) is 5.42. The largest absolute Gasteiger partial charge is 0.534 e. The highest BCUT2D eigenvalue weighted by atomic mass is 32.2. The molecule has 0 unspecified atom stereocenters. The van der Waals surface area contributed by atoms with Gasteiger partial charge in [-0.25, -0.2) is 4.79 Å². The number of fused-ring (bicyclic) bond motifs is 2. The van der Waals surface area contributed by atoms with Crippen LogP contribution in [0, 0.1) is 6.92 Å². The molecule has 22 heteroatoms. The van der Waals surface area contributed by atoms with E-state index in [0.717, 1.165) is 40.6 Å². The Labute approximate surface area is 296 Å². The third-order valence-corrected chi connectivity index (χ3v) is 9.65. The lowest BCUT2D eigenvalue weighted by atomic mass is 9.81. The van der Waals surface area contributed by atoms with Gasteiger partial charge in [0, 0.05) is 28.3 Å². The second kappa shape index (κ2) is 14.3. The average molecular weight is 801 g/mol. The molecule has 1 aliphatic rings. The van der Waals surface area contributed by atoms with Gasteiger partial charge in [0.1, 0.15) is 22.8 Å². The van der Waals surface area contributed by atoms with Gasteiger partial charge >= 0.3 is 37.2 Å². The topological polar surface area (TPSA) is 184 Å². The molecule has 0 spiro atoms. The Kier molecular flexibility index (Phi) is 10.9. The summed E-state index contributed by atoms with van der Waals surface area (Å²) in [7, 11) is -7.93. The maximum atomic E-state index is 14.0. The molecule has 1 aliphatic carbocycles. The molecule has 0 saturated heterocycles. The van der Waals surface area contributed by atoms with Crippen LogP contribution in [-0.2, 0) is 37.8 Å². The molecule has 0 fully saturated rings. The number of methoxy groups -OCH3 is 5. The van der Waals surface area contributed by atoms with Gasteiger partial charge in [-0.3, -0.25) is 9.59 Å². The minimum atomic E-state index is -6.50. The molecular formula is C31H26F6O14S2. The highest BCUT2D eigenvalue weighted by Gasteiger charge is 2.51. The molecule has 288 valence electrons. The van der Waals surface area contributed by atoms with Gasteiger partial charge in [0.05, 0.1) is 46.7 Å². The predicted molar refractivity (Wildman–Crippen MR) is 167 cm³/mol. The number of hydrogen-bond donors (Lipinski definition) is 0. The fraction of sp³-hybridized carbons (Fsp3) is 0.323. The van der Waals surface area contributed by atoms with Gasteiger partial charge in [-0.15, -0.1) is 0 Å². The van der Waals surface area contributed by atoms with Crippen molar-refractivity contribution in [2.24, 2.45) is 0 Å². The van der Waals surface area contributed by atoms with Crippen LogP contribution in [0.25, 0.3) is 0 Å². The molecule has 3 aromatic rings. The van der Waals surface area contributed by atoms with E-state index >= 15 is 0 Å². The second-order valence-electron chi connectivity index (χ2n) is 10.8. The molecule has 4 rings (SSSR count). The van der Waals surface area contributed by atoms with Crippen LogP contribution in [0.15, 0.2) is 24.3 Å². The van der Waals surface area contributed by atoms with Crippen molar-refractivity contribution in [3.8, 4) is 34.5 Å². The molecule has 0 atom stereocenters. The van der Waals surface area contributed by atoms with Crippen LogP contribution in [0.2, 0.25) is 0 Å². The molecular weight excluding hydrogens is 774 g/mol. The summed E-state index contributed by atoms with van der Waals surface area (Å²) in [4.78, 5) is 40.3. The minimum absolute atomic E-state index is 0.0272. The van der Waals surface area contributed by atoms with Crippen molar-refractivity contribution >= 4 is 37.8 Å². The molecule has 0 saturated carbocycles. The van der Waals surface area contributed by atoms with Gasteiger partial charge in [-0.1, -0.05) is 6.07 Å². The maximum absolute atomic E-state index is 14.0. The van der Waals surface area contributed by atoms with Crippen molar-refractivity contribution in [1.29, 1.82) is 0 Å². The van der Waals surface area contributed by atoms with Crippen molar-refractivity contribution in [2.75, 3.05) is 35.5 Å². The standard InChI is InChI=1S/C31H26F6O14S2/c1-13-9-14(26(51-53(43,44)31(35,36)37)28(48-5)21(13)29(40)49-6)7-8-16-19(50-52(41,42)30(32,33)34)12-18-23(27(16)47-4)25(39)22-17(24(18)38)10-15(45-2)11-20(22)46-3/h9-12H,7-8H2,1-6H3. The highest BCUT2D eigenvalue weighted by molar-refractivity contribution is 7.88. The molecule has 0 N–H and O–H groups in total. The lowest BCUT2D eigenvalue weighted by Crippen LogP contribution is -2.29. The zero-order valence-electron chi connectivity index (χ0n) is 28.0. The number of ketones is 2. The summed E-state index contributed by atoms with van der Waals surface area (Å²) in [5.74, 6) is -7.30. The van der Waals surface area contributed by atoms with Gasteiger partial charge in [0.2, 0.25) is 5.78 Å². The van der Waals surface area contributed by atoms with Gasteiger partial charge in [0.15, 0.2) is 23.0 Å². The Morgan fingerprint density at radius 2 is 1.21 bits per heavy atom. The molecule has 53 heavy (non-hydrogen) atoms. The molecule has 0 aliphatic heterocycles. The van der Waals surface area contributed by atoms with Gasteiger partial charge < -0.3 is 32.1 Å². The summed E-state index contributed by atoms with van der Waals surface area (Å²) in [5.41, 5.74) is -15.8. The van der Waals surface area contributed by atoms with E-state index in [0.29, 0.717) is 6.07 Å². The number of alkyl halides is 6. The van der Waals surface area contributed by atoms with Crippen LogP contribution >= 0.6 is 0 Å². The molecule has 3 aromatic carbocycles. The molecule has 0 amide bonds. The van der Waals surface area contributed by atoms with Crippen LogP contribution < -0.4 is 27.3 Å². The summed E-state index contributed by atoms with van der Waals surface area (Å²) in [6.45, 7) is 1.24. The smallest absolute Gasteiger partial charge is 0.497 e. The third kappa shape index (κ3) is 7.24. The number of rotatable bonds is 12. The normalized spacial score (nSPS) is 13.1. The van der Waals surface area contributed by atoms with Crippen molar-refractivity contribution in [3.05, 3.63) is 68.8 Å². The van der Waals surface area contributed by atoms with E-state index in [4.69, 9.17) is 18.9 Å². The lowest BCUT2D eigenvalue weighted by Gasteiger charge is -2.25. The average Bonchev–Trinajstić information content (AvgIpc) is 3.07. The first kappa shape index (κ1) is 40.5. The van der Waals surface area contributed by atoms with Crippen LogP contribution in [0.1, 0.15) is 58.9 Å². The Balaban J connectivity index is 2.03. The Hall–Kier alpha value is -5.25. The molecule has 0 aromatic heterocycles. The Morgan fingerprint density at radius 1 is 0.642 bits per heavy atom. The summed E-state index contributed by atoms with van der Waals surface area (Å²) in [6, 6.07) is 3.87. The van der Waals surface area contributed by atoms with E-state index in [9.17, 15) is 57.6 Å². The summed E-state index contributed by atoms with van der Waals surface area (Å²) >= 11 is 0. The quantitative estimate of drug-likeness (QED) is 0.0821. The highest BCUT2D eigenvalue weighted by Crippen LogP contribution is 2.47. The number of carbonyl (C=O) groups is 3. The number of halogens is 6. The molecule has 0 bridgehead atoms. The monoisotopic (exact) mass is 800 g/mol. The number of esters is 1. The third-order valence-electron chi connectivity index (χ3n) is 7.73. The zero-order valence-corrected chi connectivity index (χ0v) is 29.7. The number of ether oxygens (including phenoxy) is 5. The van der Waals surface area contributed by atoms with Crippen molar-refractivity contribution in [3.63, 3.8) is 0 Å². The van der Waals surface area contributed by atoms with Crippen LogP contribution in [-0.4, -0.2) is 80.9 Å². The predicted octanol–water partition coefficient (Wildman–Crippen LogP) is 4.83. The first-order valence-corrected chi connectivity index (χ1v) is 17.2. The lowest BCUT2D eigenvalue weighted by molar-refractivity contribution is -0.0505. The zero-order chi connectivity index (χ0) is 40.0. The van der Waals surface area contributed by atoms with Gasteiger partial charge in [0.25, 0.3) is 0 Å². The molecule has 14 nitrogen and oxygen atoms in total. The maximum Gasteiger partial charge on any atom is 0.534 e. The van der Waals surface area contributed by atoms with Crippen LogP contribution in [0.3, 0.4) is 0 Å². The van der Waals surface area contributed by atoms with Crippen LogP contribution in [0.5, 0.6) is 34.5 Å². The van der Waals surface area contributed by atoms with Crippen LogP contribution in [0.4, 0.5) is 26.3 Å². The van der Waals surface area contributed by atoms with E-state index in [1.54, 1.807) is 0 Å². The Bertz CT molecular complexity index is 2250. The first-order valence-electron chi connectivity index (χ1n) is 14.4. The molecule has 0 radical (unpaired) electrons. The number of benzene rings is 3. The SMILES string of the molecule is COC(=O)c1c(C)cc(CCc2c(OS(=O)(=O)C(F)(F)F)cc3c(c2OC)C(=O)c2c(OC)cc(OC)cc2C3=O)c(OS(=O)(=O)C(F)(F)F)c1OC. The Morgan fingerprint density at radius 3 is 1.72 bits per heavy atom. The van der Waals surface area contributed by atoms with E-state index in [-0.39, 0.29) is 28.2 Å². The summed E-state index contributed by atoms with van der Waals surface area (Å²) in [6.07, 6.45) is -1.56. The second-order valence-corrected chi connectivity index (χ2v) is 13.8. The van der Waals surface area contributed by atoms with Crippen molar-refractivity contribution < 1.29 is 89.6 Å². The summed E-state index contributed by atoms with van der Waals surface area (Å²) in [5, 5.41) is 0. The number of carbonyl (C=O) groups excluding carboxylic acids is 3. The van der Waals surface area contributed by atoms with E-state index in [1.807, 2.05) is 0 Å². The van der Waals surface area contributed by atoms with Crippen molar-refractivity contribution in [1.82, 2.24) is 0 Å². The number of aryl methyl sites for hydroxylation is 2. The first-order chi connectivity index (χ1) is 24.5. The van der Waals surface area contributed by atoms with E-state index in [2.05, 4.69) is 13.1 Å². The van der Waals surface area contributed by atoms with Gasteiger partial charge in [-0.05, 0) is 37.5 Å². The minimum Gasteiger partial charge on any atom is -0.497 e. The number of hydrogen-bond acceptors (Lipinski definition) is 14. The van der Waals surface area contributed by atoms with Gasteiger partial charge in [-0.2, -0.15) is 43.2 Å². The molecule has 0 heterocycles.